The second-order valence-corrected chi connectivity index (χ2v) is 8.11. The lowest BCUT2D eigenvalue weighted by molar-refractivity contribution is 0.580. The zero-order chi connectivity index (χ0) is 14.0. The van der Waals surface area contributed by atoms with E-state index in [1.165, 1.54) is 11.3 Å². The highest BCUT2D eigenvalue weighted by Gasteiger charge is 2.23. The highest BCUT2D eigenvalue weighted by atomic mass is 79.9. The molecule has 4 N–H and O–H groups in total. The average molecular weight is 365 g/mol. The molecule has 0 amide bonds. The highest BCUT2D eigenvalue weighted by Crippen LogP contribution is 2.23. The molecular weight excluding hydrogens is 352 g/mol. The van der Waals surface area contributed by atoms with Gasteiger partial charge in [0, 0.05) is 18.0 Å². The van der Waals surface area contributed by atoms with Crippen LogP contribution in [0, 0.1) is 6.92 Å². The molecule has 9 heteroatoms. The van der Waals surface area contributed by atoms with Gasteiger partial charge in [-0.15, -0.1) is 11.3 Å². The van der Waals surface area contributed by atoms with Gasteiger partial charge in [0.05, 0.1) is 15.2 Å². The van der Waals surface area contributed by atoms with Crippen molar-refractivity contribution in [2.75, 3.05) is 0 Å². The molecule has 19 heavy (non-hydrogen) atoms. The number of aryl methyl sites for hydroxylation is 1. The fraction of sp³-hybridized carbons (Fsp3) is 0.300. The fourth-order valence-corrected chi connectivity index (χ4v) is 4.54. The van der Waals surface area contributed by atoms with Crippen molar-refractivity contribution in [3.63, 3.8) is 0 Å². The molecule has 0 saturated carbocycles. The molecule has 0 aliphatic rings. The number of H-pyrrole nitrogens is 1. The van der Waals surface area contributed by atoms with Gasteiger partial charge in [-0.3, -0.25) is 5.10 Å². The number of rotatable bonds is 5. The summed E-state index contributed by atoms with van der Waals surface area (Å²) in [6.45, 7) is 1.97. The molecule has 2 rings (SSSR count). The molecule has 0 aliphatic heterocycles. The lowest BCUT2D eigenvalue weighted by Gasteiger charge is -2.06. The van der Waals surface area contributed by atoms with Gasteiger partial charge in [-0.05, 0) is 35.0 Å². The van der Waals surface area contributed by atoms with Crippen LogP contribution in [0.15, 0.2) is 20.8 Å². The van der Waals surface area contributed by atoms with E-state index in [1.54, 1.807) is 6.92 Å². The molecule has 0 spiro atoms. The lowest BCUT2D eigenvalue weighted by atomic mass is 10.4. The molecule has 0 unspecified atom stereocenters. The molecular formula is C10H13BrN4O2S2. The van der Waals surface area contributed by atoms with Crippen molar-refractivity contribution in [1.29, 1.82) is 0 Å². The van der Waals surface area contributed by atoms with E-state index in [2.05, 4.69) is 30.8 Å². The number of aromatic nitrogens is 2. The number of hydrogen-bond donors (Lipinski definition) is 3. The van der Waals surface area contributed by atoms with Crippen molar-refractivity contribution in [3.05, 3.63) is 32.2 Å². The Kier molecular flexibility index (Phi) is 4.41. The molecule has 2 heterocycles. The third kappa shape index (κ3) is 3.23. The van der Waals surface area contributed by atoms with E-state index in [0.29, 0.717) is 11.4 Å². The number of halogens is 1. The zero-order valence-corrected chi connectivity index (χ0v) is 13.3. The summed E-state index contributed by atoms with van der Waals surface area (Å²) >= 11 is 4.82. The summed E-state index contributed by atoms with van der Waals surface area (Å²) in [4.78, 5) is 1.07. The molecule has 0 aromatic carbocycles. The topological polar surface area (TPSA) is 101 Å². The van der Waals surface area contributed by atoms with Crippen LogP contribution in [0.2, 0.25) is 0 Å². The van der Waals surface area contributed by atoms with Gasteiger partial charge in [-0.1, -0.05) is 0 Å². The second kappa shape index (κ2) is 5.71. The Morgan fingerprint density at radius 1 is 1.53 bits per heavy atom. The second-order valence-electron chi connectivity index (χ2n) is 3.86. The van der Waals surface area contributed by atoms with E-state index in [-0.39, 0.29) is 18.0 Å². The Bertz CT molecular complexity index is 678. The average Bonchev–Trinajstić information content (AvgIpc) is 2.93. The van der Waals surface area contributed by atoms with Gasteiger partial charge in [0.1, 0.15) is 4.90 Å². The number of aromatic amines is 1. The predicted molar refractivity (Wildman–Crippen MR) is 77.3 cm³/mol. The van der Waals surface area contributed by atoms with Crippen molar-refractivity contribution < 1.29 is 8.42 Å². The van der Waals surface area contributed by atoms with Gasteiger partial charge >= 0.3 is 0 Å². The molecule has 104 valence electrons. The first kappa shape index (κ1) is 14.7. The minimum atomic E-state index is -3.61. The molecule has 2 aromatic heterocycles. The molecule has 0 atom stereocenters. The standard InChI is InChI=1S/C10H13BrN4O2S2/c1-6-10(8(4-12)15-14-6)19(16,17)13-5-7-2-3-9(11)18-7/h2-3,13H,4-5,12H2,1H3,(H,14,15). The quantitative estimate of drug-likeness (QED) is 0.747. The van der Waals surface area contributed by atoms with Crippen LogP contribution in [-0.4, -0.2) is 18.6 Å². The van der Waals surface area contributed by atoms with Crippen LogP contribution < -0.4 is 10.5 Å². The Labute approximate surface area is 123 Å². The summed E-state index contributed by atoms with van der Waals surface area (Å²) in [6.07, 6.45) is 0. The Balaban J connectivity index is 2.20. The maximum absolute atomic E-state index is 12.2. The summed E-state index contributed by atoms with van der Waals surface area (Å²) < 4.78 is 28.0. The minimum Gasteiger partial charge on any atom is -0.325 e. The summed E-state index contributed by atoms with van der Waals surface area (Å²) in [5, 5.41) is 6.53. The summed E-state index contributed by atoms with van der Waals surface area (Å²) in [5.74, 6) is 0. The first-order valence-corrected chi connectivity index (χ1v) is 8.51. The van der Waals surface area contributed by atoms with Crippen LogP contribution in [0.1, 0.15) is 16.3 Å². The van der Waals surface area contributed by atoms with E-state index >= 15 is 0 Å². The summed E-state index contributed by atoms with van der Waals surface area (Å²) in [7, 11) is -3.61. The van der Waals surface area contributed by atoms with Gasteiger partial charge in [0.2, 0.25) is 10.0 Å². The number of hydrogen-bond acceptors (Lipinski definition) is 5. The number of nitrogens with one attached hydrogen (secondary N) is 2. The maximum atomic E-state index is 12.2. The summed E-state index contributed by atoms with van der Waals surface area (Å²) in [5.41, 5.74) is 6.32. The van der Waals surface area contributed by atoms with Crippen molar-refractivity contribution >= 4 is 37.3 Å². The molecule has 0 aliphatic carbocycles. The third-order valence-electron chi connectivity index (χ3n) is 2.49. The fourth-order valence-electron chi connectivity index (χ4n) is 1.65. The van der Waals surface area contributed by atoms with Crippen LogP contribution >= 0.6 is 27.3 Å². The third-order valence-corrected chi connectivity index (χ3v) is 5.72. The van der Waals surface area contributed by atoms with Crippen molar-refractivity contribution in [1.82, 2.24) is 14.9 Å². The number of nitrogens with zero attached hydrogens (tertiary/aromatic N) is 1. The Hall–Kier alpha value is -0.740. The Morgan fingerprint density at radius 3 is 2.84 bits per heavy atom. The largest absolute Gasteiger partial charge is 0.325 e. The molecule has 0 saturated heterocycles. The Morgan fingerprint density at radius 2 is 2.26 bits per heavy atom. The van der Waals surface area contributed by atoms with E-state index in [9.17, 15) is 8.42 Å². The van der Waals surface area contributed by atoms with E-state index < -0.39 is 10.0 Å². The van der Waals surface area contributed by atoms with Gasteiger partial charge in [0.15, 0.2) is 0 Å². The van der Waals surface area contributed by atoms with Crippen LogP contribution in [-0.2, 0) is 23.1 Å². The number of sulfonamides is 1. The van der Waals surface area contributed by atoms with Crippen LogP contribution in [0.4, 0.5) is 0 Å². The first-order valence-electron chi connectivity index (χ1n) is 5.42. The van der Waals surface area contributed by atoms with Gasteiger partial charge in [-0.25, -0.2) is 13.1 Å². The molecule has 6 nitrogen and oxygen atoms in total. The van der Waals surface area contributed by atoms with E-state index in [0.717, 1.165) is 8.66 Å². The van der Waals surface area contributed by atoms with Gasteiger partial charge in [-0.2, -0.15) is 5.10 Å². The molecule has 0 bridgehead atoms. The number of nitrogens with two attached hydrogens (primary N) is 1. The first-order chi connectivity index (χ1) is 8.94. The van der Waals surface area contributed by atoms with Crippen molar-refractivity contribution in [2.45, 2.75) is 24.9 Å². The van der Waals surface area contributed by atoms with Crippen molar-refractivity contribution in [2.24, 2.45) is 5.73 Å². The molecule has 2 aromatic rings. The minimum absolute atomic E-state index is 0.0745. The summed E-state index contributed by atoms with van der Waals surface area (Å²) in [6, 6.07) is 3.74. The molecule has 0 fully saturated rings. The van der Waals surface area contributed by atoms with E-state index in [4.69, 9.17) is 5.73 Å². The zero-order valence-electron chi connectivity index (χ0n) is 10.1. The maximum Gasteiger partial charge on any atom is 0.244 e. The SMILES string of the molecule is Cc1[nH]nc(CN)c1S(=O)(=O)NCc1ccc(Br)s1. The monoisotopic (exact) mass is 364 g/mol. The van der Waals surface area contributed by atoms with E-state index in [1.807, 2.05) is 12.1 Å². The highest BCUT2D eigenvalue weighted by molar-refractivity contribution is 9.11. The molecule has 0 radical (unpaired) electrons. The normalized spacial score (nSPS) is 11.9. The van der Waals surface area contributed by atoms with Crippen molar-refractivity contribution in [3.8, 4) is 0 Å². The number of thiophene rings is 1. The van der Waals surface area contributed by atoms with Gasteiger partial charge < -0.3 is 5.73 Å². The predicted octanol–water partition coefficient (Wildman–Crippen LogP) is 1.48. The van der Waals surface area contributed by atoms with Crippen LogP contribution in [0.5, 0.6) is 0 Å². The lowest BCUT2D eigenvalue weighted by Crippen LogP contribution is -2.24. The van der Waals surface area contributed by atoms with Gasteiger partial charge in [0.25, 0.3) is 0 Å². The van der Waals surface area contributed by atoms with Crippen LogP contribution in [0.3, 0.4) is 0 Å². The van der Waals surface area contributed by atoms with Crippen LogP contribution in [0.25, 0.3) is 0 Å². The smallest absolute Gasteiger partial charge is 0.244 e.